The van der Waals surface area contributed by atoms with E-state index in [0.29, 0.717) is 0 Å². The molecular weight excluding hydrogens is 254 g/mol. The molecule has 0 aliphatic heterocycles. The second-order valence-electron chi connectivity index (χ2n) is 2.53. The van der Waals surface area contributed by atoms with Crippen LogP contribution in [0.4, 0.5) is 0 Å². The van der Waals surface area contributed by atoms with Gasteiger partial charge in [0.25, 0.3) is 0 Å². The maximum Gasteiger partial charge on any atom is 0.171 e. The largest absolute Gasteiger partial charge is 0.367 e. The molecule has 1 aromatic heterocycles. The lowest BCUT2D eigenvalue weighted by Gasteiger charge is -1.94. The summed E-state index contributed by atoms with van der Waals surface area (Å²) in [5, 5.41) is 17.1. The van der Waals surface area contributed by atoms with Crippen molar-refractivity contribution < 1.29 is 10.2 Å². The number of rotatable bonds is 3. The van der Waals surface area contributed by atoms with Crippen LogP contribution < -0.4 is 0 Å². The van der Waals surface area contributed by atoms with Crippen LogP contribution in [0.2, 0.25) is 0 Å². The van der Waals surface area contributed by atoms with Crippen LogP contribution in [0.3, 0.4) is 0 Å². The molecule has 5 heteroatoms. The second-order valence-corrected chi connectivity index (χ2v) is 4.67. The molecule has 0 aromatic carbocycles. The average Bonchev–Trinajstić information content (AvgIpc) is 2.30. The van der Waals surface area contributed by atoms with Crippen LogP contribution in [0.15, 0.2) is 15.5 Å². The van der Waals surface area contributed by atoms with Crippen molar-refractivity contribution in [1.82, 2.24) is 0 Å². The molecule has 1 rings (SSSR count). The number of aryl methyl sites for hydroxylation is 1. The zero-order valence-corrected chi connectivity index (χ0v) is 9.47. The van der Waals surface area contributed by atoms with E-state index >= 15 is 0 Å². The molecule has 72 valence electrons. The first-order valence-corrected chi connectivity index (χ1v) is 5.32. The van der Waals surface area contributed by atoms with E-state index in [0.717, 1.165) is 9.35 Å². The van der Waals surface area contributed by atoms with E-state index in [1.165, 1.54) is 4.88 Å². The summed E-state index contributed by atoms with van der Waals surface area (Å²) in [6.07, 6.45) is 0.280. The summed E-state index contributed by atoms with van der Waals surface area (Å²) in [6.45, 7) is 2.03. The van der Waals surface area contributed by atoms with Gasteiger partial charge >= 0.3 is 0 Å². The molecule has 0 aliphatic rings. The van der Waals surface area contributed by atoms with Crippen LogP contribution in [-0.4, -0.2) is 29.3 Å². The third kappa shape index (κ3) is 3.56. The first-order valence-electron chi connectivity index (χ1n) is 3.71. The van der Waals surface area contributed by atoms with Gasteiger partial charge in [-0.25, -0.2) is 0 Å². The maximum atomic E-state index is 8.53. The lowest BCUT2D eigenvalue weighted by Crippen LogP contribution is -2.08. The molecule has 0 atom stereocenters. The topological polar surface area (TPSA) is 52.8 Å². The van der Waals surface area contributed by atoms with Gasteiger partial charge in [-0.1, -0.05) is 0 Å². The first-order chi connectivity index (χ1) is 6.09. The normalized spacial score (nSPS) is 11.8. The monoisotopic (exact) mass is 263 g/mol. The summed E-state index contributed by atoms with van der Waals surface area (Å²) in [6, 6.07) is 1.95. The highest BCUT2D eigenvalue weighted by Crippen LogP contribution is 2.24. The number of aliphatic hydroxyl groups is 2. The zero-order chi connectivity index (χ0) is 9.84. The van der Waals surface area contributed by atoms with Crippen LogP contribution in [0, 0.1) is 6.92 Å². The van der Waals surface area contributed by atoms with Gasteiger partial charge in [-0.05, 0) is 28.9 Å². The first kappa shape index (κ1) is 10.8. The highest BCUT2D eigenvalue weighted by Gasteiger charge is 1.99. The van der Waals surface area contributed by atoms with Crippen molar-refractivity contribution in [3.05, 3.63) is 20.3 Å². The molecule has 3 nitrogen and oxygen atoms in total. The zero-order valence-electron chi connectivity index (χ0n) is 7.07. The van der Waals surface area contributed by atoms with Crippen LogP contribution in [-0.2, 0) is 0 Å². The molecule has 0 aliphatic carbocycles. The van der Waals surface area contributed by atoms with Crippen molar-refractivity contribution in [1.29, 1.82) is 0 Å². The van der Waals surface area contributed by atoms with E-state index in [1.54, 1.807) is 17.6 Å². The highest BCUT2D eigenvalue weighted by atomic mass is 79.9. The van der Waals surface area contributed by atoms with Crippen molar-refractivity contribution in [2.45, 2.75) is 13.2 Å². The Morgan fingerprint density at radius 1 is 1.69 bits per heavy atom. The summed E-state index contributed by atoms with van der Waals surface area (Å²) in [7, 11) is 0. The molecule has 1 aromatic rings. The Labute approximate surface area is 88.9 Å². The molecule has 13 heavy (non-hydrogen) atoms. The van der Waals surface area contributed by atoms with Gasteiger partial charge in [-0.15, -0.1) is 11.3 Å². The summed E-state index contributed by atoms with van der Waals surface area (Å²) >= 11 is 4.99. The molecule has 0 unspecified atom stereocenters. The fourth-order valence-electron chi connectivity index (χ4n) is 0.782. The van der Waals surface area contributed by atoms with Crippen molar-refractivity contribution in [2.75, 3.05) is 6.54 Å². The van der Waals surface area contributed by atoms with Crippen LogP contribution in [0.5, 0.6) is 0 Å². The van der Waals surface area contributed by atoms with Crippen molar-refractivity contribution in [3.63, 3.8) is 0 Å². The average molecular weight is 264 g/mol. The quantitative estimate of drug-likeness (QED) is 0.642. The number of nitrogens with zero attached hydrogens (tertiary/aromatic N) is 1. The standard InChI is InChI=1S/C8H10BrNO2S/c1-5-7(9)2-6(13-5)3-10-4-8(11)12/h2-3,8,11-12H,4H2,1H3/b10-3+. The van der Waals surface area contributed by atoms with E-state index in [1.807, 2.05) is 13.0 Å². The highest BCUT2D eigenvalue weighted by molar-refractivity contribution is 9.10. The number of hydrogen-bond donors (Lipinski definition) is 2. The molecule has 0 saturated carbocycles. The Morgan fingerprint density at radius 2 is 2.38 bits per heavy atom. The molecule has 1 heterocycles. The van der Waals surface area contributed by atoms with Gasteiger partial charge in [0, 0.05) is 20.4 Å². The van der Waals surface area contributed by atoms with E-state index in [-0.39, 0.29) is 6.54 Å². The van der Waals surface area contributed by atoms with E-state index in [9.17, 15) is 0 Å². The lowest BCUT2D eigenvalue weighted by atomic mass is 10.4. The van der Waals surface area contributed by atoms with Gasteiger partial charge in [-0.2, -0.15) is 0 Å². The maximum absolute atomic E-state index is 8.53. The van der Waals surface area contributed by atoms with Gasteiger partial charge in [0.1, 0.15) is 0 Å². The van der Waals surface area contributed by atoms with Gasteiger partial charge in [0.2, 0.25) is 0 Å². The number of aliphatic hydroxyl groups excluding tert-OH is 1. The molecule has 0 bridgehead atoms. The Kier molecular flexibility index (Phi) is 4.05. The van der Waals surface area contributed by atoms with Crippen LogP contribution in [0.1, 0.15) is 9.75 Å². The Hall–Kier alpha value is -0.230. The minimum atomic E-state index is -1.36. The summed E-state index contributed by atoms with van der Waals surface area (Å²) in [5.74, 6) is 0. The number of halogens is 1. The SMILES string of the molecule is Cc1sc(/C=N/CC(O)O)cc1Br. The smallest absolute Gasteiger partial charge is 0.171 e. The Morgan fingerprint density at radius 3 is 2.85 bits per heavy atom. The summed E-state index contributed by atoms with van der Waals surface area (Å²) in [5.41, 5.74) is 0. The Bertz CT molecular complexity index is 290. The minimum absolute atomic E-state index is 0.0224. The fraction of sp³-hybridized carbons (Fsp3) is 0.375. The summed E-state index contributed by atoms with van der Waals surface area (Å²) < 4.78 is 1.06. The van der Waals surface area contributed by atoms with Crippen molar-refractivity contribution in [3.8, 4) is 0 Å². The number of thiophene rings is 1. The molecular formula is C8H10BrNO2S. The van der Waals surface area contributed by atoms with E-state index in [2.05, 4.69) is 20.9 Å². The van der Waals surface area contributed by atoms with Gasteiger partial charge in [0.05, 0.1) is 6.54 Å². The van der Waals surface area contributed by atoms with Crippen molar-refractivity contribution in [2.24, 2.45) is 4.99 Å². The van der Waals surface area contributed by atoms with Crippen LogP contribution >= 0.6 is 27.3 Å². The van der Waals surface area contributed by atoms with Gasteiger partial charge in [0.15, 0.2) is 6.29 Å². The van der Waals surface area contributed by atoms with Gasteiger partial charge < -0.3 is 10.2 Å². The van der Waals surface area contributed by atoms with Crippen molar-refractivity contribution >= 4 is 33.5 Å². The predicted molar refractivity (Wildman–Crippen MR) is 57.4 cm³/mol. The molecule has 0 radical (unpaired) electrons. The van der Waals surface area contributed by atoms with E-state index < -0.39 is 6.29 Å². The number of hydrogen-bond acceptors (Lipinski definition) is 4. The van der Waals surface area contributed by atoms with Crippen LogP contribution in [0.25, 0.3) is 0 Å². The second kappa shape index (κ2) is 4.85. The predicted octanol–water partition coefficient (Wildman–Crippen LogP) is 1.55. The Balaban J connectivity index is 2.59. The molecule has 0 fully saturated rings. The molecule has 2 N–H and O–H groups in total. The minimum Gasteiger partial charge on any atom is -0.367 e. The summed E-state index contributed by atoms with van der Waals surface area (Å²) in [4.78, 5) is 6.05. The number of aliphatic imine (C=N–C) groups is 1. The molecule has 0 amide bonds. The van der Waals surface area contributed by atoms with Gasteiger partial charge in [-0.3, -0.25) is 4.99 Å². The lowest BCUT2D eigenvalue weighted by molar-refractivity contribution is -0.0303. The third-order valence-electron chi connectivity index (χ3n) is 1.36. The molecule has 0 saturated heterocycles. The molecule has 0 spiro atoms. The third-order valence-corrected chi connectivity index (χ3v) is 3.43. The fourth-order valence-corrected chi connectivity index (χ4v) is 2.24. The van der Waals surface area contributed by atoms with E-state index in [4.69, 9.17) is 10.2 Å².